The maximum atomic E-state index is 13.5. The van der Waals surface area contributed by atoms with Gasteiger partial charge in [0, 0.05) is 19.6 Å². The first kappa shape index (κ1) is 19.9. The number of hydrogen-bond donors (Lipinski definition) is 2. The second-order valence-electron chi connectivity index (χ2n) is 6.05. The van der Waals surface area contributed by atoms with Crippen LogP contribution in [0.1, 0.15) is 19.4 Å². The van der Waals surface area contributed by atoms with Crippen molar-refractivity contribution in [3.8, 4) is 0 Å². The van der Waals surface area contributed by atoms with Gasteiger partial charge in [-0.05, 0) is 43.7 Å². The van der Waals surface area contributed by atoms with E-state index in [1.165, 1.54) is 41.7 Å². The van der Waals surface area contributed by atoms with Crippen LogP contribution >= 0.6 is 0 Å². The maximum absolute atomic E-state index is 13.5. The quantitative estimate of drug-likeness (QED) is 0.809. The average molecular weight is 379 g/mol. The van der Waals surface area contributed by atoms with Gasteiger partial charge in [-0.3, -0.25) is 0 Å². The molecule has 0 radical (unpaired) electrons. The third kappa shape index (κ3) is 4.80. The van der Waals surface area contributed by atoms with Crippen molar-refractivity contribution in [2.24, 2.45) is 0 Å². The molecule has 0 saturated heterocycles. The summed E-state index contributed by atoms with van der Waals surface area (Å²) in [6.45, 7) is 3.77. The molecule has 0 aliphatic heterocycles. The number of para-hydroxylation sites is 1. The number of benzene rings is 2. The molecule has 2 amide bonds. The molecular weight excluding hydrogens is 357 g/mol. The Morgan fingerprint density at radius 2 is 1.73 bits per heavy atom. The Morgan fingerprint density at radius 1 is 1.12 bits per heavy atom. The lowest BCUT2D eigenvalue weighted by Gasteiger charge is -2.21. The number of nitrogens with one attached hydrogen (secondary N) is 2. The Labute approximate surface area is 153 Å². The van der Waals surface area contributed by atoms with Gasteiger partial charge in [0.15, 0.2) is 0 Å². The topological polar surface area (TPSA) is 78.5 Å². The van der Waals surface area contributed by atoms with E-state index in [1.807, 2.05) is 0 Å². The van der Waals surface area contributed by atoms with E-state index >= 15 is 0 Å². The third-order valence-electron chi connectivity index (χ3n) is 3.90. The molecular formula is C18H22FN3O3S. The van der Waals surface area contributed by atoms with Gasteiger partial charge in [0.1, 0.15) is 5.82 Å². The number of rotatable bonds is 6. The number of carbonyl (C=O) groups excluding carboxylic acids is 1. The average Bonchev–Trinajstić information content (AvgIpc) is 2.61. The number of carbonyl (C=O) groups is 1. The van der Waals surface area contributed by atoms with E-state index in [1.54, 1.807) is 32.0 Å². The summed E-state index contributed by atoms with van der Waals surface area (Å²) in [4.78, 5) is 12.0. The zero-order valence-electron chi connectivity index (χ0n) is 14.9. The SMILES string of the molecule is CC(C)N(C)S(=O)(=O)c1ccc(CNC(=O)Nc2ccccc2F)cc1. The Morgan fingerprint density at radius 3 is 2.31 bits per heavy atom. The van der Waals surface area contributed by atoms with Gasteiger partial charge in [-0.25, -0.2) is 17.6 Å². The summed E-state index contributed by atoms with van der Waals surface area (Å²) in [5.74, 6) is -0.522. The molecule has 0 heterocycles. The van der Waals surface area contributed by atoms with Crippen LogP contribution in [-0.4, -0.2) is 31.8 Å². The van der Waals surface area contributed by atoms with Crippen LogP contribution < -0.4 is 10.6 Å². The van der Waals surface area contributed by atoms with Crippen molar-refractivity contribution >= 4 is 21.7 Å². The molecule has 0 fully saturated rings. The minimum absolute atomic E-state index is 0.0863. The lowest BCUT2D eigenvalue weighted by Crippen LogP contribution is -2.33. The Hall–Kier alpha value is -2.45. The molecule has 8 heteroatoms. The molecule has 2 rings (SSSR count). The summed E-state index contributed by atoms with van der Waals surface area (Å²) in [5.41, 5.74) is 0.808. The fourth-order valence-electron chi connectivity index (χ4n) is 2.13. The van der Waals surface area contributed by atoms with E-state index in [2.05, 4.69) is 10.6 Å². The standard InChI is InChI=1S/C18H22FN3O3S/c1-13(2)22(3)26(24,25)15-10-8-14(9-11-15)12-20-18(23)21-17-7-5-4-6-16(17)19/h4-11,13H,12H2,1-3H3,(H2,20,21,23). The number of hydrogen-bond acceptors (Lipinski definition) is 3. The molecule has 0 aliphatic rings. The Balaban J connectivity index is 1.97. The first-order valence-electron chi connectivity index (χ1n) is 8.08. The van der Waals surface area contributed by atoms with Gasteiger partial charge in [-0.2, -0.15) is 4.31 Å². The highest BCUT2D eigenvalue weighted by molar-refractivity contribution is 7.89. The Kier molecular flexibility index (Phi) is 6.33. The molecule has 2 N–H and O–H groups in total. The fraction of sp³-hybridized carbons (Fsp3) is 0.278. The Bertz CT molecular complexity index is 868. The summed E-state index contributed by atoms with van der Waals surface area (Å²) in [6, 6.07) is 11.4. The number of sulfonamides is 1. The summed E-state index contributed by atoms with van der Waals surface area (Å²) in [5, 5.41) is 5.01. The van der Waals surface area contributed by atoms with Crippen molar-refractivity contribution in [1.82, 2.24) is 9.62 Å². The second kappa shape index (κ2) is 8.29. The van der Waals surface area contributed by atoms with Crippen molar-refractivity contribution in [1.29, 1.82) is 0 Å². The van der Waals surface area contributed by atoms with Gasteiger partial charge in [0.2, 0.25) is 10.0 Å². The van der Waals surface area contributed by atoms with Crippen LogP contribution in [0, 0.1) is 5.82 Å². The van der Waals surface area contributed by atoms with Crippen molar-refractivity contribution in [3.63, 3.8) is 0 Å². The van der Waals surface area contributed by atoms with Crippen LogP contribution in [0.2, 0.25) is 0 Å². The van der Waals surface area contributed by atoms with Crippen LogP contribution in [-0.2, 0) is 16.6 Å². The van der Waals surface area contributed by atoms with Crippen LogP contribution in [0.15, 0.2) is 53.4 Å². The summed E-state index contributed by atoms with van der Waals surface area (Å²) < 4.78 is 39.6. The molecule has 26 heavy (non-hydrogen) atoms. The van der Waals surface area contributed by atoms with E-state index in [0.717, 1.165) is 5.56 Å². The highest BCUT2D eigenvalue weighted by Crippen LogP contribution is 2.17. The molecule has 2 aromatic rings. The first-order valence-corrected chi connectivity index (χ1v) is 9.52. The maximum Gasteiger partial charge on any atom is 0.319 e. The number of amides is 2. The number of anilines is 1. The van der Waals surface area contributed by atoms with Crippen molar-refractivity contribution in [3.05, 3.63) is 59.9 Å². The fourth-order valence-corrected chi connectivity index (χ4v) is 3.50. The minimum atomic E-state index is -3.54. The third-order valence-corrected chi connectivity index (χ3v) is 5.95. The highest BCUT2D eigenvalue weighted by Gasteiger charge is 2.22. The molecule has 0 aliphatic carbocycles. The predicted octanol–water partition coefficient (Wildman–Crippen LogP) is 3.18. The smallest absolute Gasteiger partial charge is 0.319 e. The van der Waals surface area contributed by atoms with Crippen LogP contribution in [0.5, 0.6) is 0 Å². The molecule has 0 aromatic heterocycles. The van der Waals surface area contributed by atoms with Crippen molar-refractivity contribution < 1.29 is 17.6 Å². The zero-order valence-corrected chi connectivity index (χ0v) is 15.7. The predicted molar refractivity (Wildman–Crippen MR) is 98.8 cm³/mol. The molecule has 6 nitrogen and oxygen atoms in total. The number of halogens is 1. The number of nitrogens with zero attached hydrogens (tertiary/aromatic N) is 1. The van der Waals surface area contributed by atoms with Gasteiger partial charge in [0.25, 0.3) is 0 Å². The van der Waals surface area contributed by atoms with Gasteiger partial charge in [0.05, 0.1) is 10.6 Å². The molecule has 0 unspecified atom stereocenters. The highest BCUT2D eigenvalue weighted by atomic mass is 32.2. The lowest BCUT2D eigenvalue weighted by molar-refractivity contribution is 0.251. The van der Waals surface area contributed by atoms with Crippen LogP contribution in [0.3, 0.4) is 0 Å². The zero-order chi connectivity index (χ0) is 19.3. The molecule has 0 spiro atoms. The number of urea groups is 1. The summed E-state index contributed by atoms with van der Waals surface area (Å²) in [7, 11) is -2.01. The van der Waals surface area contributed by atoms with E-state index in [-0.39, 0.29) is 23.2 Å². The van der Waals surface area contributed by atoms with Gasteiger partial charge in [-0.1, -0.05) is 24.3 Å². The van der Waals surface area contributed by atoms with E-state index in [0.29, 0.717) is 0 Å². The normalized spacial score (nSPS) is 11.6. The van der Waals surface area contributed by atoms with Crippen LogP contribution in [0.25, 0.3) is 0 Å². The summed E-state index contributed by atoms with van der Waals surface area (Å²) in [6.07, 6.45) is 0. The first-order chi connectivity index (χ1) is 12.2. The largest absolute Gasteiger partial charge is 0.334 e. The van der Waals surface area contributed by atoms with E-state index in [4.69, 9.17) is 0 Å². The minimum Gasteiger partial charge on any atom is -0.334 e. The van der Waals surface area contributed by atoms with Crippen molar-refractivity contribution in [2.45, 2.75) is 31.3 Å². The van der Waals surface area contributed by atoms with Crippen molar-refractivity contribution in [2.75, 3.05) is 12.4 Å². The van der Waals surface area contributed by atoms with E-state index in [9.17, 15) is 17.6 Å². The van der Waals surface area contributed by atoms with Gasteiger partial charge in [-0.15, -0.1) is 0 Å². The van der Waals surface area contributed by atoms with Gasteiger partial charge >= 0.3 is 6.03 Å². The van der Waals surface area contributed by atoms with Crippen LogP contribution in [0.4, 0.5) is 14.9 Å². The molecule has 0 bridgehead atoms. The molecule has 0 saturated carbocycles. The molecule has 0 atom stereocenters. The summed E-state index contributed by atoms with van der Waals surface area (Å²) >= 11 is 0. The van der Waals surface area contributed by atoms with E-state index < -0.39 is 21.9 Å². The molecule has 140 valence electrons. The second-order valence-corrected chi connectivity index (χ2v) is 8.04. The van der Waals surface area contributed by atoms with Gasteiger partial charge < -0.3 is 10.6 Å². The monoisotopic (exact) mass is 379 g/mol. The lowest BCUT2D eigenvalue weighted by atomic mass is 10.2. The molecule has 2 aromatic carbocycles.